The molecule has 0 atom stereocenters. The third-order valence-electron chi connectivity index (χ3n) is 2.88. The van der Waals surface area contributed by atoms with Crippen LogP contribution >= 0.6 is 0 Å². The zero-order chi connectivity index (χ0) is 12.3. The number of aryl methyl sites for hydroxylation is 1. The minimum atomic E-state index is 0.108. The van der Waals surface area contributed by atoms with Crippen LogP contribution in [-0.2, 0) is 6.42 Å². The lowest BCUT2D eigenvalue weighted by molar-refractivity contribution is 0.0993. The Hall–Kier alpha value is -1.74. The fraction of sp³-hybridized carbons (Fsp3) is 0.286. The van der Waals surface area contributed by atoms with E-state index < -0.39 is 0 Å². The van der Waals surface area contributed by atoms with Gasteiger partial charge in [-0.2, -0.15) is 0 Å². The molecule has 0 saturated carbocycles. The van der Waals surface area contributed by atoms with Crippen LogP contribution in [-0.4, -0.2) is 24.4 Å². The Morgan fingerprint density at radius 2 is 2.18 bits per heavy atom. The number of benzene rings is 1. The van der Waals surface area contributed by atoms with Crippen LogP contribution in [0.4, 0.5) is 0 Å². The van der Waals surface area contributed by atoms with Gasteiger partial charge in [-0.05, 0) is 30.5 Å². The van der Waals surface area contributed by atoms with Crippen molar-refractivity contribution >= 4 is 16.6 Å². The number of nitrogens with zero attached hydrogens (tertiary/aromatic N) is 1. The first-order chi connectivity index (χ1) is 8.26. The summed E-state index contributed by atoms with van der Waals surface area (Å²) >= 11 is 0. The molecule has 0 unspecified atom stereocenters. The molecule has 0 aliphatic heterocycles. The number of carbonyl (C=O) groups is 1. The number of aromatic nitrogens is 1. The first-order valence-corrected chi connectivity index (χ1v) is 5.80. The topological polar surface area (TPSA) is 42.0 Å². The van der Waals surface area contributed by atoms with Crippen molar-refractivity contribution < 1.29 is 4.79 Å². The molecule has 0 radical (unpaired) electrons. The molecule has 1 heterocycles. The number of carbonyl (C=O) groups excluding carboxylic acids is 1. The molecule has 1 N–H and O–H groups in total. The van der Waals surface area contributed by atoms with Gasteiger partial charge < -0.3 is 5.32 Å². The van der Waals surface area contributed by atoms with Crippen molar-refractivity contribution in [2.75, 3.05) is 13.6 Å². The molecule has 17 heavy (non-hydrogen) atoms. The molecule has 3 heteroatoms. The quantitative estimate of drug-likeness (QED) is 0.816. The Morgan fingerprint density at radius 1 is 1.35 bits per heavy atom. The Balaban J connectivity index is 2.48. The number of rotatable bonds is 4. The third-order valence-corrected chi connectivity index (χ3v) is 2.88. The molecule has 3 nitrogen and oxygen atoms in total. The van der Waals surface area contributed by atoms with Crippen LogP contribution in [0.25, 0.3) is 10.8 Å². The van der Waals surface area contributed by atoms with Gasteiger partial charge in [0.1, 0.15) is 0 Å². The predicted octanol–water partition coefficient (Wildman–Crippen LogP) is 2.20. The van der Waals surface area contributed by atoms with Crippen molar-refractivity contribution in [3.63, 3.8) is 0 Å². The van der Waals surface area contributed by atoms with Crippen LogP contribution in [0.1, 0.15) is 22.8 Å². The average Bonchev–Trinajstić information content (AvgIpc) is 2.37. The van der Waals surface area contributed by atoms with E-state index in [4.69, 9.17) is 0 Å². The van der Waals surface area contributed by atoms with Gasteiger partial charge in [0.25, 0.3) is 0 Å². The minimum Gasteiger partial charge on any atom is -0.313 e. The summed E-state index contributed by atoms with van der Waals surface area (Å²) in [7, 11) is 1.77. The number of nitrogens with one attached hydrogen (secondary N) is 1. The van der Waals surface area contributed by atoms with Gasteiger partial charge in [-0.3, -0.25) is 9.78 Å². The summed E-state index contributed by atoms with van der Waals surface area (Å²) in [5, 5.41) is 5.09. The fourth-order valence-corrected chi connectivity index (χ4v) is 1.96. The number of likely N-dealkylation sites (N-methyl/N-ethyl adjacent to an activating group) is 1. The normalized spacial score (nSPS) is 10.7. The highest BCUT2D eigenvalue weighted by atomic mass is 16.1. The van der Waals surface area contributed by atoms with Gasteiger partial charge in [-0.1, -0.05) is 19.1 Å². The van der Waals surface area contributed by atoms with Crippen molar-refractivity contribution in [2.45, 2.75) is 13.3 Å². The van der Waals surface area contributed by atoms with E-state index in [0.717, 1.165) is 17.4 Å². The lowest BCUT2D eigenvalue weighted by Gasteiger charge is -2.06. The molecular formula is C14H16N2O. The van der Waals surface area contributed by atoms with Crippen molar-refractivity contribution in [1.82, 2.24) is 10.3 Å². The predicted molar refractivity (Wildman–Crippen MR) is 69.4 cm³/mol. The second kappa shape index (κ2) is 5.06. The second-order valence-electron chi connectivity index (χ2n) is 4.04. The van der Waals surface area contributed by atoms with E-state index in [2.05, 4.69) is 17.2 Å². The van der Waals surface area contributed by atoms with Crippen LogP contribution in [0.15, 0.2) is 30.6 Å². The maximum absolute atomic E-state index is 11.8. The summed E-state index contributed by atoms with van der Waals surface area (Å²) in [6.07, 6.45) is 4.65. The molecule has 0 fully saturated rings. The van der Waals surface area contributed by atoms with E-state index >= 15 is 0 Å². The summed E-state index contributed by atoms with van der Waals surface area (Å²) in [5.41, 5.74) is 1.96. The molecule has 1 aromatic heterocycles. The van der Waals surface area contributed by atoms with Crippen molar-refractivity contribution in [3.8, 4) is 0 Å². The number of Topliss-reactive ketones (excluding diaryl/α,β-unsaturated/α-hetero) is 1. The number of fused-ring (bicyclic) bond motifs is 1. The van der Waals surface area contributed by atoms with Crippen LogP contribution in [0.5, 0.6) is 0 Å². The van der Waals surface area contributed by atoms with Crippen molar-refractivity contribution in [2.24, 2.45) is 0 Å². The smallest absolute Gasteiger partial charge is 0.176 e. The van der Waals surface area contributed by atoms with Gasteiger partial charge in [0.15, 0.2) is 5.78 Å². The zero-order valence-corrected chi connectivity index (χ0v) is 10.2. The number of hydrogen-bond donors (Lipinski definition) is 1. The summed E-state index contributed by atoms with van der Waals surface area (Å²) in [5.74, 6) is 0.108. The highest BCUT2D eigenvalue weighted by Gasteiger charge is 2.06. The van der Waals surface area contributed by atoms with Crippen molar-refractivity contribution in [3.05, 3.63) is 41.7 Å². The van der Waals surface area contributed by atoms with Gasteiger partial charge in [-0.15, -0.1) is 0 Å². The number of ketones is 1. The Bertz CT molecular complexity index is 549. The molecule has 0 amide bonds. The van der Waals surface area contributed by atoms with Crippen molar-refractivity contribution in [1.29, 1.82) is 0 Å². The Kier molecular flexibility index (Phi) is 3.49. The summed E-state index contributed by atoms with van der Waals surface area (Å²) in [6.45, 7) is 2.48. The van der Waals surface area contributed by atoms with E-state index in [1.807, 2.05) is 30.6 Å². The maximum Gasteiger partial charge on any atom is 0.176 e. The standard InChI is InChI=1S/C14H16N2O/c1-3-10-7-16-8-12-6-11(4-5-13(10)12)14(17)9-15-2/h4-8,15H,3,9H2,1-2H3. The van der Waals surface area contributed by atoms with E-state index in [9.17, 15) is 4.79 Å². The Morgan fingerprint density at radius 3 is 2.88 bits per heavy atom. The lowest BCUT2D eigenvalue weighted by atomic mass is 10.0. The third kappa shape index (κ3) is 2.34. The van der Waals surface area contributed by atoms with E-state index in [-0.39, 0.29) is 5.78 Å². The van der Waals surface area contributed by atoms with Crippen LogP contribution < -0.4 is 5.32 Å². The lowest BCUT2D eigenvalue weighted by Crippen LogP contribution is -2.18. The molecule has 1 aromatic carbocycles. The van der Waals surface area contributed by atoms with E-state index in [1.165, 1.54) is 10.9 Å². The average molecular weight is 228 g/mol. The first-order valence-electron chi connectivity index (χ1n) is 5.80. The monoisotopic (exact) mass is 228 g/mol. The first kappa shape index (κ1) is 11.7. The maximum atomic E-state index is 11.8. The van der Waals surface area contributed by atoms with Gasteiger partial charge in [-0.25, -0.2) is 0 Å². The molecule has 0 saturated heterocycles. The Labute approximate surface area is 101 Å². The summed E-state index contributed by atoms with van der Waals surface area (Å²) < 4.78 is 0. The highest BCUT2D eigenvalue weighted by Crippen LogP contribution is 2.19. The van der Waals surface area contributed by atoms with Gasteiger partial charge >= 0.3 is 0 Å². The zero-order valence-electron chi connectivity index (χ0n) is 10.2. The second-order valence-corrected chi connectivity index (χ2v) is 4.04. The van der Waals surface area contributed by atoms with E-state index in [1.54, 1.807) is 7.05 Å². The van der Waals surface area contributed by atoms with E-state index in [0.29, 0.717) is 6.54 Å². The summed E-state index contributed by atoms with van der Waals surface area (Å²) in [6, 6.07) is 5.82. The van der Waals surface area contributed by atoms with Gasteiger partial charge in [0.05, 0.1) is 6.54 Å². The minimum absolute atomic E-state index is 0.108. The fourth-order valence-electron chi connectivity index (χ4n) is 1.96. The molecule has 0 spiro atoms. The van der Waals surface area contributed by atoms with Crippen LogP contribution in [0, 0.1) is 0 Å². The largest absolute Gasteiger partial charge is 0.313 e. The summed E-state index contributed by atoms with van der Waals surface area (Å²) in [4.78, 5) is 16.0. The van der Waals surface area contributed by atoms with Crippen LogP contribution in [0.3, 0.4) is 0 Å². The molecule has 88 valence electrons. The molecular weight excluding hydrogens is 212 g/mol. The van der Waals surface area contributed by atoms with Gasteiger partial charge in [0, 0.05) is 23.3 Å². The molecule has 0 aliphatic carbocycles. The molecule has 2 aromatic rings. The molecule has 0 bridgehead atoms. The highest BCUT2D eigenvalue weighted by molar-refractivity contribution is 6.01. The number of pyridine rings is 1. The SMILES string of the molecule is CCc1cncc2cc(C(=O)CNC)ccc12. The number of hydrogen-bond acceptors (Lipinski definition) is 3. The molecule has 0 aliphatic rings. The molecule has 2 rings (SSSR count). The van der Waals surface area contributed by atoms with Gasteiger partial charge in [0.2, 0.25) is 0 Å². The van der Waals surface area contributed by atoms with Crippen LogP contribution in [0.2, 0.25) is 0 Å².